The molecule has 0 heterocycles. The Morgan fingerprint density at radius 3 is 2.45 bits per heavy atom. The Labute approximate surface area is 77.4 Å². The third-order valence-electron chi connectivity index (χ3n) is 1.35. The summed E-state index contributed by atoms with van der Waals surface area (Å²) < 4.78 is 5.02. The van der Waals surface area contributed by atoms with E-state index in [-0.39, 0.29) is 0 Å². The Bertz CT molecular complexity index is 280. The van der Waals surface area contributed by atoms with Crippen LogP contribution in [0.3, 0.4) is 0 Å². The third kappa shape index (κ3) is 1.60. The lowest BCUT2D eigenvalue weighted by Crippen LogP contribution is -1.93. The fourth-order valence-corrected chi connectivity index (χ4v) is 1.43. The van der Waals surface area contributed by atoms with Gasteiger partial charge in [0.2, 0.25) is 0 Å². The zero-order valence-electron chi connectivity index (χ0n) is 6.03. The predicted molar refractivity (Wildman–Crippen MR) is 54.5 cm³/mol. The van der Waals surface area contributed by atoms with Gasteiger partial charge in [-0.1, -0.05) is 0 Å². The average Bonchev–Trinajstić information content (AvgIpc) is 1.99. The van der Waals surface area contributed by atoms with Crippen LogP contribution in [0.2, 0.25) is 0 Å². The Kier molecular flexibility index (Phi) is 2.62. The topological polar surface area (TPSA) is 35.2 Å². The van der Waals surface area contributed by atoms with E-state index < -0.39 is 0 Å². The van der Waals surface area contributed by atoms with Gasteiger partial charge in [0.1, 0.15) is 5.75 Å². The van der Waals surface area contributed by atoms with E-state index in [1.807, 2.05) is 0 Å². The Balaban J connectivity index is 3.29. The SMILES string of the molecule is BOc1c(S)ccc(N)c1S. The summed E-state index contributed by atoms with van der Waals surface area (Å²) in [6, 6.07) is 3.52. The number of rotatable bonds is 1. The van der Waals surface area contributed by atoms with Crippen LogP contribution in [-0.4, -0.2) is 8.05 Å². The minimum absolute atomic E-state index is 0.600. The van der Waals surface area contributed by atoms with Gasteiger partial charge in [0.25, 0.3) is 0 Å². The standard InChI is InChI=1S/C6H8BNOS2/c7-9-5-4(10)2-1-3(8)6(5)11/h1-2,10-11H,7-8H2. The van der Waals surface area contributed by atoms with Gasteiger partial charge in [0.05, 0.1) is 4.90 Å². The molecule has 0 aliphatic carbocycles. The normalized spacial score (nSPS) is 9.64. The van der Waals surface area contributed by atoms with E-state index in [1.165, 1.54) is 0 Å². The largest absolute Gasteiger partial charge is 0.566 e. The summed E-state index contributed by atoms with van der Waals surface area (Å²) in [6.07, 6.45) is 0. The molecule has 0 bridgehead atoms. The maximum Gasteiger partial charge on any atom is 0.322 e. The summed E-state index contributed by atoms with van der Waals surface area (Å²) in [5.41, 5.74) is 6.17. The molecule has 58 valence electrons. The van der Waals surface area contributed by atoms with Gasteiger partial charge in [-0.05, 0) is 12.1 Å². The lowest BCUT2D eigenvalue weighted by Gasteiger charge is -2.08. The summed E-state index contributed by atoms with van der Waals surface area (Å²) in [5, 5.41) is 0. The van der Waals surface area contributed by atoms with Gasteiger partial charge < -0.3 is 10.4 Å². The molecule has 0 saturated heterocycles. The molecule has 1 aromatic carbocycles. The van der Waals surface area contributed by atoms with Crippen molar-refractivity contribution in [3.05, 3.63) is 12.1 Å². The fourth-order valence-electron chi connectivity index (χ4n) is 0.777. The van der Waals surface area contributed by atoms with Gasteiger partial charge in [-0.2, -0.15) is 0 Å². The Morgan fingerprint density at radius 2 is 2.00 bits per heavy atom. The Hall–Kier alpha value is -0.415. The van der Waals surface area contributed by atoms with Crippen LogP contribution in [0.15, 0.2) is 21.9 Å². The molecule has 0 saturated carbocycles. The molecule has 0 fully saturated rings. The molecular weight excluding hydrogens is 177 g/mol. The first-order chi connectivity index (χ1) is 5.16. The number of nitrogen functional groups attached to an aromatic ring is 1. The third-order valence-corrected chi connectivity index (χ3v) is 2.16. The van der Waals surface area contributed by atoms with Crippen LogP contribution in [0.25, 0.3) is 0 Å². The minimum atomic E-state index is 0.600. The van der Waals surface area contributed by atoms with Crippen molar-refractivity contribution >= 4 is 39.0 Å². The first kappa shape index (κ1) is 8.68. The summed E-state index contributed by atoms with van der Waals surface area (Å²) >= 11 is 8.33. The van der Waals surface area contributed by atoms with Crippen LogP contribution in [-0.2, 0) is 0 Å². The highest BCUT2D eigenvalue weighted by Crippen LogP contribution is 2.33. The maximum atomic E-state index is 5.57. The molecular formula is C6H8BNOS2. The summed E-state index contributed by atoms with van der Waals surface area (Å²) in [7, 11) is 1.56. The zero-order chi connectivity index (χ0) is 8.43. The van der Waals surface area contributed by atoms with Crippen molar-refractivity contribution < 1.29 is 4.65 Å². The van der Waals surface area contributed by atoms with Crippen molar-refractivity contribution in [2.45, 2.75) is 9.79 Å². The van der Waals surface area contributed by atoms with Crippen LogP contribution in [0.5, 0.6) is 5.75 Å². The van der Waals surface area contributed by atoms with Crippen LogP contribution < -0.4 is 10.4 Å². The summed E-state index contributed by atoms with van der Waals surface area (Å²) in [6.45, 7) is 0. The smallest absolute Gasteiger partial charge is 0.322 e. The van der Waals surface area contributed by atoms with Crippen molar-refractivity contribution in [3.8, 4) is 5.75 Å². The van der Waals surface area contributed by atoms with Crippen molar-refractivity contribution in [2.75, 3.05) is 5.73 Å². The molecule has 0 aromatic heterocycles. The molecule has 0 spiro atoms. The Morgan fingerprint density at radius 1 is 1.36 bits per heavy atom. The molecule has 0 atom stereocenters. The average molecular weight is 185 g/mol. The van der Waals surface area contributed by atoms with Gasteiger partial charge in [0, 0.05) is 10.6 Å². The number of hydrogen-bond donors (Lipinski definition) is 3. The van der Waals surface area contributed by atoms with Crippen LogP contribution in [0.1, 0.15) is 0 Å². The highest BCUT2D eigenvalue weighted by atomic mass is 32.1. The molecule has 2 nitrogen and oxygen atoms in total. The lowest BCUT2D eigenvalue weighted by molar-refractivity contribution is 0.584. The predicted octanol–water partition coefficient (Wildman–Crippen LogP) is 0.773. The van der Waals surface area contributed by atoms with Crippen LogP contribution in [0, 0.1) is 0 Å². The molecule has 1 rings (SSSR count). The first-order valence-electron chi connectivity index (χ1n) is 3.01. The van der Waals surface area contributed by atoms with E-state index in [1.54, 1.807) is 20.2 Å². The maximum absolute atomic E-state index is 5.57. The first-order valence-corrected chi connectivity index (χ1v) is 3.90. The van der Waals surface area contributed by atoms with Gasteiger partial charge in [-0.3, -0.25) is 0 Å². The molecule has 0 unspecified atom stereocenters. The van der Waals surface area contributed by atoms with E-state index in [0.717, 1.165) is 4.90 Å². The van der Waals surface area contributed by atoms with E-state index in [2.05, 4.69) is 25.3 Å². The number of hydrogen-bond acceptors (Lipinski definition) is 4. The van der Waals surface area contributed by atoms with E-state index in [9.17, 15) is 0 Å². The molecule has 1 aromatic rings. The highest BCUT2D eigenvalue weighted by Gasteiger charge is 2.05. The van der Waals surface area contributed by atoms with Gasteiger partial charge in [-0.15, -0.1) is 25.3 Å². The second-order valence-electron chi connectivity index (χ2n) is 2.06. The number of nitrogens with two attached hydrogens (primary N) is 1. The molecule has 11 heavy (non-hydrogen) atoms. The van der Waals surface area contributed by atoms with Gasteiger partial charge >= 0.3 is 8.05 Å². The summed E-state index contributed by atoms with van der Waals surface area (Å²) in [5.74, 6) is 0.622. The van der Waals surface area contributed by atoms with Crippen LogP contribution >= 0.6 is 25.3 Å². The molecule has 0 aliphatic heterocycles. The van der Waals surface area contributed by atoms with Crippen LogP contribution in [0.4, 0.5) is 5.69 Å². The molecule has 0 amide bonds. The molecule has 5 heteroatoms. The van der Waals surface area contributed by atoms with Gasteiger partial charge in [-0.25, -0.2) is 0 Å². The minimum Gasteiger partial charge on any atom is -0.566 e. The van der Waals surface area contributed by atoms with Crippen molar-refractivity contribution in [2.24, 2.45) is 0 Å². The number of anilines is 1. The fraction of sp³-hybridized carbons (Fsp3) is 0. The summed E-state index contributed by atoms with van der Waals surface area (Å²) in [4.78, 5) is 1.38. The second kappa shape index (κ2) is 3.32. The van der Waals surface area contributed by atoms with Crippen molar-refractivity contribution in [1.29, 1.82) is 0 Å². The second-order valence-corrected chi connectivity index (χ2v) is 2.98. The molecule has 2 N–H and O–H groups in total. The molecule has 0 radical (unpaired) electrons. The van der Waals surface area contributed by atoms with Crippen molar-refractivity contribution in [1.82, 2.24) is 0 Å². The van der Waals surface area contributed by atoms with E-state index in [0.29, 0.717) is 16.3 Å². The monoisotopic (exact) mass is 185 g/mol. The lowest BCUT2D eigenvalue weighted by atomic mass is 10.3. The quantitative estimate of drug-likeness (QED) is 0.343. The van der Waals surface area contributed by atoms with E-state index in [4.69, 9.17) is 10.4 Å². The molecule has 0 aliphatic rings. The number of benzene rings is 1. The van der Waals surface area contributed by atoms with E-state index >= 15 is 0 Å². The number of thiol groups is 2. The highest BCUT2D eigenvalue weighted by molar-refractivity contribution is 7.81. The zero-order valence-corrected chi connectivity index (χ0v) is 7.82. The van der Waals surface area contributed by atoms with Crippen molar-refractivity contribution in [3.63, 3.8) is 0 Å². The van der Waals surface area contributed by atoms with Gasteiger partial charge in [0.15, 0.2) is 0 Å².